The quantitative estimate of drug-likeness (QED) is 0.868. The second kappa shape index (κ2) is 6.09. The number of hydrogen-bond donors (Lipinski definition) is 0. The maximum atomic E-state index is 12.7. The summed E-state index contributed by atoms with van der Waals surface area (Å²) in [5, 5.41) is 9.16. The van der Waals surface area contributed by atoms with Gasteiger partial charge < -0.3 is 9.47 Å². The van der Waals surface area contributed by atoms with Crippen LogP contribution in [0.2, 0.25) is 0 Å². The lowest BCUT2D eigenvalue weighted by Gasteiger charge is -2.09. The third-order valence-electron chi connectivity index (χ3n) is 4.21. The van der Waals surface area contributed by atoms with Crippen molar-refractivity contribution in [1.82, 2.24) is 4.98 Å². The molecule has 116 valence electrons. The molecule has 1 unspecified atom stereocenters. The van der Waals surface area contributed by atoms with Crippen molar-refractivity contribution in [2.24, 2.45) is 5.92 Å². The Morgan fingerprint density at radius 2 is 2.04 bits per heavy atom. The fraction of sp³-hybridized carbons (Fsp3) is 0.278. The second-order valence-electron chi connectivity index (χ2n) is 5.48. The average molecular weight is 308 g/mol. The Morgan fingerprint density at radius 1 is 1.30 bits per heavy atom. The zero-order valence-corrected chi connectivity index (χ0v) is 13.0. The molecule has 1 heterocycles. The van der Waals surface area contributed by atoms with Crippen molar-refractivity contribution < 1.29 is 14.3 Å². The molecule has 1 aliphatic carbocycles. The van der Waals surface area contributed by atoms with E-state index in [1.807, 2.05) is 6.07 Å². The van der Waals surface area contributed by atoms with Gasteiger partial charge in [0, 0.05) is 23.9 Å². The van der Waals surface area contributed by atoms with Crippen LogP contribution in [0.25, 0.3) is 0 Å². The summed E-state index contributed by atoms with van der Waals surface area (Å²) < 4.78 is 10.6. The largest absolute Gasteiger partial charge is 0.493 e. The molecule has 5 nitrogen and oxygen atoms in total. The predicted octanol–water partition coefficient (Wildman–Crippen LogP) is 2.57. The van der Waals surface area contributed by atoms with Crippen LogP contribution in [0.15, 0.2) is 30.6 Å². The number of methoxy groups -OCH3 is 2. The summed E-state index contributed by atoms with van der Waals surface area (Å²) in [5.41, 5.74) is 3.02. The molecule has 0 N–H and O–H groups in total. The third kappa shape index (κ3) is 2.64. The highest BCUT2D eigenvalue weighted by Crippen LogP contribution is 2.37. The van der Waals surface area contributed by atoms with Gasteiger partial charge in [0.1, 0.15) is 6.07 Å². The minimum Gasteiger partial charge on any atom is -0.493 e. The van der Waals surface area contributed by atoms with Crippen molar-refractivity contribution in [3.8, 4) is 17.6 Å². The van der Waals surface area contributed by atoms with Gasteiger partial charge in [-0.05, 0) is 42.2 Å². The Labute approximate surface area is 134 Å². The number of benzene rings is 1. The summed E-state index contributed by atoms with van der Waals surface area (Å²) in [6.45, 7) is 0. The third-order valence-corrected chi connectivity index (χ3v) is 4.21. The van der Waals surface area contributed by atoms with Crippen LogP contribution in [-0.2, 0) is 12.8 Å². The summed E-state index contributed by atoms with van der Waals surface area (Å²) in [4.78, 5) is 16.6. The maximum absolute atomic E-state index is 12.7. The van der Waals surface area contributed by atoms with E-state index in [9.17, 15) is 4.79 Å². The van der Waals surface area contributed by atoms with Crippen LogP contribution >= 0.6 is 0 Å². The van der Waals surface area contributed by atoms with Crippen molar-refractivity contribution in [2.75, 3.05) is 14.2 Å². The van der Waals surface area contributed by atoms with Gasteiger partial charge in [0.25, 0.3) is 0 Å². The lowest BCUT2D eigenvalue weighted by atomic mass is 9.94. The maximum Gasteiger partial charge on any atom is 0.167 e. The van der Waals surface area contributed by atoms with Gasteiger partial charge >= 0.3 is 0 Å². The Hall–Kier alpha value is -2.87. The first-order chi connectivity index (χ1) is 11.2. The van der Waals surface area contributed by atoms with Crippen molar-refractivity contribution in [3.05, 3.63) is 52.8 Å². The highest BCUT2D eigenvalue weighted by molar-refractivity contribution is 6.03. The molecular weight excluding hydrogens is 292 g/mol. The molecule has 0 radical (unpaired) electrons. The van der Waals surface area contributed by atoms with E-state index in [0.29, 0.717) is 35.5 Å². The number of rotatable bonds is 4. The molecule has 1 aromatic carbocycles. The molecule has 1 aliphatic rings. The minimum absolute atomic E-state index is 0.0849. The number of ketones is 1. The Bertz CT molecular complexity index is 808. The number of fused-ring (bicyclic) bond motifs is 1. The molecule has 0 saturated heterocycles. The minimum atomic E-state index is -0.170. The number of pyridine rings is 1. The average Bonchev–Trinajstić information content (AvgIpc) is 2.89. The summed E-state index contributed by atoms with van der Waals surface area (Å²) in [6, 6.07) is 7.54. The summed E-state index contributed by atoms with van der Waals surface area (Å²) in [6.07, 6.45) is 4.36. The van der Waals surface area contributed by atoms with Crippen LogP contribution in [-0.4, -0.2) is 25.0 Å². The second-order valence-corrected chi connectivity index (χ2v) is 5.48. The molecule has 1 atom stereocenters. The van der Waals surface area contributed by atoms with Crippen LogP contribution in [0.4, 0.5) is 0 Å². The molecule has 1 aromatic heterocycles. The predicted molar refractivity (Wildman–Crippen MR) is 83.7 cm³/mol. The smallest absolute Gasteiger partial charge is 0.167 e. The van der Waals surface area contributed by atoms with Crippen LogP contribution in [0.3, 0.4) is 0 Å². The lowest BCUT2D eigenvalue weighted by Crippen LogP contribution is -2.13. The topological polar surface area (TPSA) is 72.2 Å². The Kier molecular flexibility index (Phi) is 3.98. The summed E-state index contributed by atoms with van der Waals surface area (Å²) in [7, 11) is 3.13. The van der Waals surface area contributed by atoms with Crippen molar-refractivity contribution >= 4 is 5.78 Å². The van der Waals surface area contributed by atoms with Gasteiger partial charge in [0.2, 0.25) is 0 Å². The number of hydrogen-bond acceptors (Lipinski definition) is 5. The normalized spacial score (nSPS) is 15.9. The van der Waals surface area contributed by atoms with Crippen LogP contribution in [0.5, 0.6) is 11.5 Å². The summed E-state index contributed by atoms with van der Waals surface area (Å²) in [5.74, 6) is 1.10. The summed E-state index contributed by atoms with van der Waals surface area (Å²) >= 11 is 0. The number of nitrogens with zero attached hydrogens (tertiary/aromatic N) is 2. The standard InChI is InChI=1S/C18H16N2O3/c1-22-16-7-12-6-13(18(21)15(12)8-17(16)23-2)5-11-3-4-20-10-14(11)9-19/h3-4,7-8,10,13H,5-6H2,1-2H3. The fourth-order valence-corrected chi connectivity index (χ4v) is 3.03. The lowest BCUT2D eigenvalue weighted by molar-refractivity contribution is 0.0936. The molecule has 0 spiro atoms. The zero-order chi connectivity index (χ0) is 16.4. The van der Waals surface area contributed by atoms with E-state index in [2.05, 4.69) is 11.1 Å². The van der Waals surface area contributed by atoms with Gasteiger partial charge in [-0.2, -0.15) is 5.26 Å². The number of Topliss-reactive ketones (excluding diaryl/α,β-unsaturated/α-hetero) is 1. The molecule has 5 heteroatoms. The van der Waals surface area contributed by atoms with Gasteiger partial charge in [-0.15, -0.1) is 0 Å². The van der Waals surface area contributed by atoms with E-state index in [4.69, 9.17) is 14.7 Å². The first-order valence-corrected chi connectivity index (χ1v) is 7.30. The Balaban J connectivity index is 1.91. The zero-order valence-electron chi connectivity index (χ0n) is 13.0. The van der Waals surface area contributed by atoms with E-state index in [-0.39, 0.29) is 11.7 Å². The first-order valence-electron chi connectivity index (χ1n) is 7.30. The molecule has 0 amide bonds. The number of carbonyl (C=O) groups excluding carboxylic acids is 1. The van der Waals surface area contributed by atoms with Gasteiger partial charge in [0.15, 0.2) is 17.3 Å². The highest BCUT2D eigenvalue weighted by Gasteiger charge is 2.32. The molecule has 0 fully saturated rings. The van der Waals surface area contributed by atoms with Crippen LogP contribution < -0.4 is 9.47 Å². The SMILES string of the molecule is COc1cc2c(cc1OC)C(=O)C(Cc1ccncc1C#N)C2. The van der Waals surface area contributed by atoms with Gasteiger partial charge in [0.05, 0.1) is 19.8 Å². The molecule has 0 bridgehead atoms. The number of ether oxygens (including phenoxy) is 2. The molecule has 3 rings (SSSR count). The first kappa shape index (κ1) is 15.0. The van der Waals surface area contributed by atoms with Crippen molar-refractivity contribution in [1.29, 1.82) is 5.26 Å². The van der Waals surface area contributed by atoms with Crippen molar-refractivity contribution in [2.45, 2.75) is 12.8 Å². The monoisotopic (exact) mass is 308 g/mol. The molecule has 0 saturated carbocycles. The molecule has 0 aliphatic heterocycles. The van der Waals surface area contributed by atoms with Crippen LogP contribution in [0, 0.1) is 17.2 Å². The molecule has 23 heavy (non-hydrogen) atoms. The highest BCUT2D eigenvalue weighted by atomic mass is 16.5. The van der Waals surface area contributed by atoms with Gasteiger partial charge in [-0.25, -0.2) is 0 Å². The molecule has 2 aromatic rings. The van der Waals surface area contributed by atoms with Gasteiger partial charge in [-0.3, -0.25) is 9.78 Å². The number of aromatic nitrogens is 1. The van der Waals surface area contributed by atoms with E-state index in [1.165, 1.54) is 6.20 Å². The fourth-order valence-electron chi connectivity index (χ4n) is 3.03. The Morgan fingerprint density at radius 3 is 2.74 bits per heavy atom. The van der Waals surface area contributed by atoms with Crippen molar-refractivity contribution in [3.63, 3.8) is 0 Å². The number of nitriles is 1. The van der Waals surface area contributed by atoms with Gasteiger partial charge in [-0.1, -0.05) is 0 Å². The number of carbonyl (C=O) groups is 1. The van der Waals surface area contributed by atoms with E-state index >= 15 is 0 Å². The van der Waals surface area contributed by atoms with E-state index in [0.717, 1.165) is 11.1 Å². The van der Waals surface area contributed by atoms with E-state index < -0.39 is 0 Å². The van der Waals surface area contributed by atoms with E-state index in [1.54, 1.807) is 32.5 Å². The van der Waals surface area contributed by atoms with Crippen LogP contribution in [0.1, 0.15) is 27.0 Å². The molecular formula is C18H16N2O3.